The number of hydrogen-bond donors (Lipinski definition) is 2. The Bertz CT molecular complexity index is 719. The van der Waals surface area contributed by atoms with Gasteiger partial charge in [-0.25, -0.2) is 5.10 Å². The SMILES string of the molecule is O=c1ccc(-c2cc[n+](CCCS(=O)(=O)O)nc2)n[nH]1. The summed E-state index contributed by atoms with van der Waals surface area (Å²) in [6.07, 6.45) is 3.51. The molecular formula is C11H13N4O4S+. The van der Waals surface area contributed by atoms with Crippen molar-refractivity contribution in [3.63, 3.8) is 0 Å². The van der Waals surface area contributed by atoms with Crippen LogP contribution in [-0.2, 0) is 16.7 Å². The Morgan fingerprint density at radius 1 is 1.30 bits per heavy atom. The largest absolute Gasteiger partial charge is 0.286 e. The summed E-state index contributed by atoms with van der Waals surface area (Å²) >= 11 is 0. The van der Waals surface area contributed by atoms with Gasteiger partial charge in [0.1, 0.15) is 6.20 Å². The molecule has 0 aliphatic rings. The molecule has 9 heteroatoms. The van der Waals surface area contributed by atoms with Gasteiger partial charge in [0.05, 0.1) is 11.4 Å². The molecule has 0 unspecified atom stereocenters. The van der Waals surface area contributed by atoms with Crippen molar-refractivity contribution in [2.75, 3.05) is 5.75 Å². The summed E-state index contributed by atoms with van der Waals surface area (Å²) in [7, 11) is -3.93. The van der Waals surface area contributed by atoms with Gasteiger partial charge in [-0.1, -0.05) is 4.68 Å². The van der Waals surface area contributed by atoms with Crippen molar-refractivity contribution in [2.45, 2.75) is 13.0 Å². The summed E-state index contributed by atoms with van der Waals surface area (Å²) in [5, 5.41) is 10.3. The summed E-state index contributed by atoms with van der Waals surface area (Å²) < 4.78 is 31.3. The number of aromatic nitrogens is 4. The number of aryl methyl sites for hydroxylation is 1. The van der Waals surface area contributed by atoms with E-state index in [9.17, 15) is 13.2 Å². The molecular weight excluding hydrogens is 284 g/mol. The molecule has 2 N–H and O–H groups in total. The first kappa shape index (κ1) is 14.3. The Hall–Kier alpha value is -2.13. The molecule has 2 aromatic heterocycles. The molecule has 20 heavy (non-hydrogen) atoms. The second-order valence-corrected chi connectivity index (χ2v) is 5.70. The highest BCUT2D eigenvalue weighted by Crippen LogP contribution is 2.10. The summed E-state index contributed by atoms with van der Waals surface area (Å²) in [5.74, 6) is -0.301. The molecule has 0 atom stereocenters. The third kappa shape index (κ3) is 4.21. The van der Waals surface area contributed by atoms with Gasteiger partial charge in [0.15, 0.2) is 12.7 Å². The van der Waals surface area contributed by atoms with Gasteiger partial charge < -0.3 is 0 Å². The average Bonchev–Trinajstić information content (AvgIpc) is 2.39. The van der Waals surface area contributed by atoms with Crippen molar-refractivity contribution >= 4 is 10.1 Å². The topological polar surface area (TPSA) is 117 Å². The second-order valence-electron chi connectivity index (χ2n) is 4.12. The highest BCUT2D eigenvalue weighted by atomic mass is 32.2. The predicted octanol–water partition coefficient (Wildman–Crippen LogP) is -0.603. The van der Waals surface area contributed by atoms with Crippen LogP contribution in [0.5, 0.6) is 0 Å². The Morgan fingerprint density at radius 2 is 2.10 bits per heavy atom. The third-order valence-electron chi connectivity index (χ3n) is 2.54. The predicted molar refractivity (Wildman–Crippen MR) is 69.3 cm³/mol. The maximum atomic E-state index is 10.9. The fourth-order valence-corrected chi connectivity index (χ4v) is 2.08. The molecule has 8 nitrogen and oxygen atoms in total. The van der Waals surface area contributed by atoms with Gasteiger partial charge in [-0.3, -0.25) is 9.35 Å². The van der Waals surface area contributed by atoms with E-state index in [4.69, 9.17) is 4.55 Å². The van der Waals surface area contributed by atoms with Crippen LogP contribution in [-0.4, -0.2) is 34.0 Å². The molecule has 2 heterocycles. The molecule has 106 valence electrons. The standard InChI is InChI=1S/C11H12N4O4S/c16-11-3-2-10(13-14-11)9-4-6-15(12-8-9)5-1-7-20(17,18)19/h2-4,6,8H,1,5,7H2,(H,17,18,19)/p+1. The van der Waals surface area contributed by atoms with Crippen LogP contribution in [0.25, 0.3) is 11.3 Å². The van der Waals surface area contributed by atoms with Gasteiger partial charge in [-0.15, -0.1) is 0 Å². The molecule has 2 rings (SSSR count). The third-order valence-corrected chi connectivity index (χ3v) is 3.34. The number of nitrogens with one attached hydrogen (secondary N) is 1. The quantitative estimate of drug-likeness (QED) is 0.562. The van der Waals surface area contributed by atoms with Gasteiger partial charge in [0, 0.05) is 24.1 Å². The second kappa shape index (κ2) is 5.88. The van der Waals surface area contributed by atoms with Crippen LogP contribution in [0, 0.1) is 0 Å². The normalized spacial score (nSPS) is 11.4. The Kier molecular flexibility index (Phi) is 4.20. The van der Waals surface area contributed by atoms with Crippen LogP contribution in [0.4, 0.5) is 0 Å². The van der Waals surface area contributed by atoms with Crippen LogP contribution >= 0.6 is 0 Å². The van der Waals surface area contributed by atoms with E-state index < -0.39 is 10.1 Å². The molecule has 2 aromatic rings. The minimum Gasteiger partial charge on any atom is -0.286 e. The van der Waals surface area contributed by atoms with Crippen molar-refractivity contribution in [3.05, 3.63) is 40.9 Å². The molecule has 0 bridgehead atoms. The lowest BCUT2D eigenvalue weighted by atomic mass is 10.2. The van der Waals surface area contributed by atoms with E-state index in [0.29, 0.717) is 12.2 Å². The molecule has 0 aromatic carbocycles. The van der Waals surface area contributed by atoms with Crippen molar-refractivity contribution in [2.24, 2.45) is 0 Å². The van der Waals surface area contributed by atoms with Crippen LogP contribution in [0.3, 0.4) is 0 Å². The van der Waals surface area contributed by atoms with Crippen molar-refractivity contribution in [1.82, 2.24) is 15.3 Å². The van der Waals surface area contributed by atoms with E-state index in [-0.39, 0.29) is 17.7 Å². The van der Waals surface area contributed by atoms with E-state index >= 15 is 0 Å². The molecule has 0 aliphatic carbocycles. The minimum atomic E-state index is -3.93. The van der Waals surface area contributed by atoms with Crippen LogP contribution < -0.4 is 10.2 Å². The smallest absolute Gasteiger partial charge is 0.265 e. The fourth-order valence-electron chi connectivity index (χ4n) is 1.58. The van der Waals surface area contributed by atoms with E-state index in [1.807, 2.05) is 0 Å². The maximum absolute atomic E-state index is 10.9. The highest BCUT2D eigenvalue weighted by Gasteiger charge is 2.09. The fraction of sp³-hybridized carbons (Fsp3) is 0.273. The van der Waals surface area contributed by atoms with Gasteiger partial charge in [-0.05, 0) is 11.2 Å². The lowest BCUT2D eigenvalue weighted by molar-refractivity contribution is -0.753. The van der Waals surface area contributed by atoms with Crippen molar-refractivity contribution < 1.29 is 17.7 Å². The average molecular weight is 297 g/mol. The zero-order valence-electron chi connectivity index (χ0n) is 10.4. The minimum absolute atomic E-state index is 0.271. The lowest BCUT2D eigenvalue weighted by Gasteiger charge is -1.98. The number of aromatic amines is 1. The molecule has 0 radical (unpaired) electrons. The lowest BCUT2D eigenvalue weighted by Crippen LogP contribution is -2.38. The van der Waals surface area contributed by atoms with Gasteiger partial charge in [0.2, 0.25) is 0 Å². The van der Waals surface area contributed by atoms with Gasteiger partial charge in [-0.2, -0.15) is 13.5 Å². The number of rotatable bonds is 5. The highest BCUT2D eigenvalue weighted by molar-refractivity contribution is 7.85. The monoisotopic (exact) mass is 297 g/mol. The Morgan fingerprint density at radius 3 is 2.65 bits per heavy atom. The van der Waals surface area contributed by atoms with Crippen LogP contribution in [0.1, 0.15) is 6.42 Å². The van der Waals surface area contributed by atoms with Crippen molar-refractivity contribution in [1.29, 1.82) is 0 Å². The van der Waals surface area contributed by atoms with Crippen LogP contribution in [0.2, 0.25) is 0 Å². The van der Waals surface area contributed by atoms with Gasteiger partial charge in [0.25, 0.3) is 15.7 Å². The number of H-pyrrole nitrogens is 1. The molecule has 0 amide bonds. The molecule has 0 saturated carbocycles. The maximum Gasteiger partial charge on any atom is 0.265 e. The first-order valence-electron chi connectivity index (χ1n) is 5.81. The summed E-state index contributed by atoms with van der Waals surface area (Å²) in [6.45, 7) is 0.374. The van der Waals surface area contributed by atoms with Crippen molar-refractivity contribution in [3.8, 4) is 11.3 Å². The Balaban J connectivity index is 2.03. The first-order valence-corrected chi connectivity index (χ1v) is 7.42. The van der Waals surface area contributed by atoms with Gasteiger partial charge >= 0.3 is 0 Å². The first-order chi connectivity index (χ1) is 9.44. The summed E-state index contributed by atoms with van der Waals surface area (Å²) in [4.78, 5) is 10.9. The van der Waals surface area contributed by atoms with E-state index in [1.165, 1.54) is 6.07 Å². The van der Waals surface area contributed by atoms with E-state index in [0.717, 1.165) is 5.56 Å². The zero-order chi connectivity index (χ0) is 14.6. The molecule has 0 saturated heterocycles. The van der Waals surface area contributed by atoms with Crippen LogP contribution in [0.15, 0.2) is 35.4 Å². The molecule has 0 spiro atoms. The summed E-state index contributed by atoms with van der Waals surface area (Å²) in [5.41, 5.74) is 1.03. The summed E-state index contributed by atoms with van der Waals surface area (Å²) in [6, 6.07) is 4.70. The van der Waals surface area contributed by atoms with E-state index in [2.05, 4.69) is 15.3 Å². The number of nitrogens with zero attached hydrogens (tertiary/aromatic N) is 3. The molecule has 0 fully saturated rings. The Labute approximate surface area is 114 Å². The zero-order valence-corrected chi connectivity index (χ0v) is 11.2. The number of hydrogen-bond acceptors (Lipinski definition) is 5. The molecule has 0 aliphatic heterocycles. The van der Waals surface area contributed by atoms with E-state index in [1.54, 1.807) is 29.2 Å².